The maximum Gasteiger partial charge on any atom is 0.295 e. The van der Waals surface area contributed by atoms with Crippen molar-refractivity contribution in [2.24, 2.45) is 5.92 Å². The molecule has 2 atom stereocenters. The zero-order valence-electron chi connectivity index (χ0n) is 11.4. The fraction of sp³-hybridized carbons (Fsp3) is 0.571. The van der Waals surface area contributed by atoms with Crippen molar-refractivity contribution >= 4 is 23.0 Å². The summed E-state index contributed by atoms with van der Waals surface area (Å²) < 4.78 is 13.4. The van der Waals surface area contributed by atoms with Gasteiger partial charge in [0.1, 0.15) is 11.5 Å². The van der Waals surface area contributed by atoms with E-state index in [1.54, 1.807) is 0 Å². The van der Waals surface area contributed by atoms with E-state index in [4.69, 9.17) is 11.6 Å². The van der Waals surface area contributed by atoms with Crippen LogP contribution in [0.5, 0.6) is 0 Å². The van der Waals surface area contributed by atoms with Gasteiger partial charge < -0.3 is 5.32 Å². The lowest BCUT2D eigenvalue weighted by molar-refractivity contribution is -0.384. The standard InChI is InChI=1S/C14H18ClFN2O2/c1-2-9-4-3-5-10(6-9)17-13-7-11(15)12(16)8-14(13)18(19)20/h7-10,17H,2-6H2,1H3. The predicted octanol–water partition coefficient (Wildman–Crippen LogP) is 4.77. The van der Waals surface area contributed by atoms with Gasteiger partial charge in [0, 0.05) is 6.04 Å². The maximum atomic E-state index is 13.4. The molecule has 2 rings (SSSR count). The summed E-state index contributed by atoms with van der Waals surface area (Å²) in [6.45, 7) is 2.16. The molecule has 0 aliphatic heterocycles. The molecule has 0 bridgehead atoms. The maximum absolute atomic E-state index is 13.4. The fourth-order valence-electron chi connectivity index (χ4n) is 2.82. The molecule has 1 N–H and O–H groups in total. The third-order valence-electron chi connectivity index (χ3n) is 3.96. The van der Waals surface area contributed by atoms with E-state index >= 15 is 0 Å². The quantitative estimate of drug-likeness (QED) is 0.644. The Morgan fingerprint density at radius 3 is 2.90 bits per heavy atom. The first kappa shape index (κ1) is 15.0. The highest BCUT2D eigenvalue weighted by molar-refractivity contribution is 6.31. The average Bonchev–Trinajstić information content (AvgIpc) is 2.42. The number of halogens is 2. The van der Waals surface area contributed by atoms with Gasteiger partial charge in [0.25, 0.3) is 5.69 Å². The van der Waals surface area contributed by atoms with E-state index in [1.165, 1.54) is 12.5 Å². The van der Waals surface area contributed by atoms with Crippen molar-refractivity contribution in [3.63, 3.8) is 0 Å². The second-order valence-corrected chi connectivity index (χ2v) is 5.73. The highest BCUT2D eigenvalue weighted by Crippen LogP contribution is 2.34. The van der Waals surface area contributed by atoms with Crippen molar-refractivity contribution in [1.82, 2.24) is 0 Å². The molecule has 4 nitrogen and oxygen atoms in total. The number of nitrogens with zero attached hydrogens (tertiary/aromatic N) is 1. The summed E-state index contributed by atoms with van der Waals surface area (Å²) in [5.41, 5.74) is 0.0497. The first-order valence-electron chi connectivity index (χ1n) is 6.91. The van der Waals surface area contributed by atoms with E-state index in [1.807, 2.05) is 0 Å². The third-order valence-corrected chi connectivity index (χ3v) is 4.24. The van der Waals surface area contributed by atoms with Crippen LogP contribution in [0.4, 0.5) is 15.8 Å². The molecule has 1 aromatic carbocycles. The van der Waals surface area contributed by atoms with Crippen molar-refractivity contribution in [3.8, 4) is 0 Å². The summed E-state index contributed by atoms with van der Waals surface area (Å²) in [7, 11) is 0. The smallest absolute Gasteiger partial charge is 0.295 e. The molecule has 2 unspecified atom stereocenters. The number of nitrogens with one attached hydrogen (secondary N) is 1. The molecule has 20 heavy (non-hydrogen) atoms. The van der Waals surface area contributed by atoms with Gasteiger partial charge in [-0.1, -0.05) is 37.8 Å². The van der Waals surface area contributed by atoms with Crippen molar-refractivity contribution in [2.75, 3.05) is 5.32 Å². The molecule has 6 heteroatoms. The molecule has 110 valence electrons. The van der Waals surface area contributed by atoms with Crippen LogP contribution in [0.2, 0.25) is 5.02 Å². The van der Waals surface area contributed by atoms with Gasteiger partial charge in [-0.15, -0.1) is 0 Å². The van der Waals surface area contributed by atoms with E-state index in [-0.39, 0.29) is 16.8 Å². The summed E-state index contributed by atoms with van der Waals surface area (Å²) in [6.07, 6.45) is 5.40. The molecule has 0 radical (unpaired) electrons. The number of nitro groups is 1. The van der Waals surface area contributed by atoms with Crippen molar-refractivity contribution in [2.45, 2.75) is 45.1 Å². The normalized spacial score (nSPS) is 22.6. The Balaban J connectivity index is 2.19. The van der Waals surface area contributed by atoms with Crippen molar-refractivity contribution in [3.05, 3.63) is 33.1 Å². The summed E-state index contributed by atoms with van der Waals surface area (Å²) in [6, 6.07) is 2.38. The second kappa shape index (κ2) is 6.39. The number of hydrogen-bond acceptors (Lipinski definition) is 3. The van der Waals surface area contributed by atoms with Crippen LogP contribution >= 0.6 is 11.6 Å². The first-order chi connectivity index (χ1) is 9.51. The Hall–Kier alpha value is -1.36. The summed E-state index contributed by atoms with van der Waals surface area (Å²) in [5.74, 6) is -0.116. The lowest BCUT2D eigenvalue weighted by atomic mass is 9.84. The minimum Gasteiger partial charge on any atom is -0.377 e. The van der Waals surface area contributed by atoms with E-state index in [9.17, 15) is 14.5 Å². The van der Waals surface area contributed by atoms with Crippen LogP contribution in [0, 0.1) is 21.8 Å². The van der Waals surface area contributed by atoms with Crippen LogP contribution in [0.1, 0.15) is 39.0 Å². The number of rotatable bonds is 4. The van der Waals surface area contributed by atoms with Gasteiger partial charge in [0.15, 0.2) is 0 Å². The van der Waals surface area contributed by atoms with Crippen LogP contribution < -0.4 is 5.32 Å². The molecule has 0 aromatic heterocycles. The number of nitro benzene ring substituents is 1. The zero-order valence-corrected chi connectivity index (χ0v) is 12.1. The lowest BCUT2D eigenvalue weighted by Crippen LogP contribution is -2.27. The predicted molar refractivity (Wildman–Crippen MR) is 77.7 cm³/mol. The van der Waals surface area contributed by atoms with Crippen LogP contribution in [-0.2, 0) is 0 Å². The van der Waals surface area contributed by atoms with Crippen LogP contribution in [0.15, 0.2) is 12.1 Å². The van der Waals surface area contributed by atoms with E-state index in [2.05, 4.69) is 12.2 Å². The summed E-state index contributed by atoms with van der Waals surface area (Å²) in [5, 5.41) is 14.1. The zero-order chi connectivity index (χ0) is 14.7. The molecule has 0 spiro atoms. The Labute approximate surface area is 122 Å². The van der Waals surface area contributed by atoms with Gasteiger partial charge in [-0.25, -0.2) is 4.39 Å². The molecule has 1 aromatic rings. The summed E-state index contributed by atoms with van der Waals surface area (Å²) >= 11 is 5.73. The largest absolute Gasteiger partial charge is 0.377 e. The van der Waals surface area contributed by atoms with Gasteiger partial charge in [-0.3, -0.25) is 10.1 Å². The SMILES string of the molecule is CCC1CCCC(Nc2cc(Cl)c(F)cc2[N+](=O)[O-])C1. The highest BCUT2D eigenvalue weighted by Gasteiger charge is 2.24. The topological polar surface area (TPSA) is 55.2 Å². The van der Waals surface area contributed by atoms with Crippen molar-refractivity contribution in [1.29, 1.82) is 0 Å². The average molecular weight is 301 g/mol. The molecule has 1 aliphatic rings. The Morgan fingerprint density at radius 1 is 1.50 bits per heavy atom. The molecular weight excluding hydrogens is 283 g/mol. The van der Waals surface area contributed by atoms with Crippen molar-refractivity contribution < 1.29 is 9.31 Å². The molecule has 1 saturated carbocycles. The van der Waals surface area contributed by atoms with Gasteiger partial charge in [-0.2, -0.15) is 0 Å². The second-order valence-electron chi connectivity index (χ2n) is 5.32. The Bertz CT molecular complexity index is 510. The van der Waals surface area contributed by atoms with Gasteiger partial charge in [0.05, 0.1) is 16.0 Å². The highest BCUT2D eigenvalue weighted by atomic mass is 35.5. The molecule has 0 heterocycles. The number of benzene rings is 1. The molecule has 0 saturated heterocycles. The van der Waals surface area contributed by atoms with E-state index < -0.39 is 10.7 Å². The minimum atomic E-state index is -0.765. The lowest BCUT2D eigenvalue weighted by Gasteiger charge is -2.29. The van der Waals surface area contributed by atoms with E-state index in [0.717, 1.165) is 31.7 Å². The number of anilines is 1. The third kappa shape index (κ3) is 3.39. The Kier molecular flexibility index (Phi) is 4.81. The first-order valence-corrected chi connectivity index (χ1v) is 7.29. The molecule has 0 amide bonds. The molecule has 1 aliphatic carbocycles. The van der Waals surface area contributed by atoms with Crippen LogP contribution in [0.3, 0.4) is 0 Å². The van der Waals surface area contributed by atoms with E-state index in [0.29, 0.717) is 11.6 Å². The summed E-state index contributed by atoms with van der Waals surface area (Å²) in [4.78, 5) is 10.4. The van der Waals surface area contributed by atoms with Gasteiger partial charge >= 0.3 is 0 Å². The minimum absolute atomic E-state index is 0.0963. The number of hydrogen-bond donors (Lipinski definition) is 1. The van der Waals surface area contributed by atoms with Gasteiger partial charge in [0.2, 0.25) is 0 Å². The monoisotopic (exact) mass is 300 g/mol. The van der Waals surface area contributed by atoms with Crippen LogP contribution in [-0.4, -0.2) is 11.0 Å². The molecular formula is C14H18ClFN2O2. The van der Waals surface area contributed by atoms with Gasteiger partial charge in [-0.05, 0) is 24.8 Å². The van der Waals surface area contributed by atoms with Crippen LogP contribution in [0.25, 0.3) is 0 Å². The molecule has 1 fully saturated rings. The Morgan fingerprint density at radius 2 is 2.25 bits per heavy atom. The fourth-order valence-corrected chi connectivity index (χ4v) is 2.98.